The molecule has 1 unspecified atom stereocenters. The van der Waals surface area contributed by atoms with Gasteiger partial charge < -0.3 is 10.6 Å². The number of amides is 1. The Labute approximate surface area is 149 Å². The van der Waals surface area contributed by atoms with Crippen LogP contribution in [0.2, 0.25) is 0 Å². The van der Waals surface area contributed by atoms with Gasteiger partial charge in [0.05, 0.1) is 17.5 Å². The van der Waals surface area contributed by atoms with E-state index in [0.717, 1.165) is 17.5 Å². The number of carbonyl (C=O) groups excluding carboxylic acids is 1. The number of sulfone groups is 1. The van der Waals surface area contributed by atoms with Crippen LogP contribution in [0.5, 0.6) is 0 Å². The summed E-state index contributed by atoms with van der Waals surface area (Å²) in [6, 6.07) is 14.3. The van der Waals surface area contributed by atoms with E-state index >= 15 is 0 Å². The van der Waals surface area contributed by atoms with Crippen molar-refractivity contribution in [3.8, 4) is 0 Å². The molecule has 0 aromatic heterocycles. The van der Waals surface area contributed by atoms with Gasteiger partial charge in [0.2, 0.25) is 5.91 Å². The quantitative estimate of drug-likeness (QED) is 0.793. The van der Waals surface area contributed by atoms with Crippen molar-refractivity contribution >= 4 is 15.7 Å². The van der Waals surface area contributed by atoms with E-state index in [-0.39, 0.29) is 17.3 Å². The SMILES string of the molecule is CCc1ccc(C(NC(=O)CNC)c2cccc(S(C)(=O)=O)c2)cc1. The molecule has 1 atom stereocenters. The van der Waals surface area contributed by atoms with Crippen molar-refractivity contribution in [1.82, 2.24) is 10.6 Å². The van der Waals surface area contributed by atoms with Gasteiger partial charge in [0, 0.05) is 6.26 Å². The zero-order chi connectivity index (χ0) is 18.4. The fourth-order valence-electron chi connectivity index (χ4n) is 2.60. The molecule has 2 aromatic rings. The van der Waals surface area contributed by atoms with Crippen LogP contribution in [0.25, 0.3) is 0 Å². The van der Waals surface area contributed by atoms with Gasteiger partial charge >= 0.3 is 0 Å². The number of likely N-dealkylation sites (N-methyl/N-ethyl adjacent to an activating group) is 1. The van der Waals surface area contributed by atoms with Gasteiger partial charge in [-0.25, -0.2) is 8.42 Å². The smallest absolute Gasteiger partial charge is 0.234 e. The average Bonchev–Trinajstić information content (AvgIpc) is 2.59. The van der Waals surface area contributed by atoms with E-state index in [1.807, 2.05) is 30.3 Å². The minimum Gasteiger partial charge on any atom is -0.344 e. The third-order valence-electron chi connectivity index (χ3n) is 3.98. The topological polar surface area (TPSA) is 75.3 Å². The van der Waals surface area contributed by atoms with E-state index in [0.29, 0.717) is 0 Å². The predicted molar refractivity (Wildman–Crippen MR) is 99.3 cm³/mol. The second-order valence-corrected chi connectivity index (χ2v) is 7.99. The van der Waals surface area contributed by atoms with Crippen LogP contribution < -0.4 is 10.6 Å². The lowest BCUT2D eigenvalue weighted by molar-refractivity contribution is -0.120. The Morgan fingerprint density at radius 2 is 1.76 bits per heavy atom. The number of benzene rings is 2. The highest BCUT2D eigenvalue weighted by Gasteiger charge is 2.18. The molecule has 0 heterocycles. The predicted octanol–water partition coefficient (Wildman–Crippen LogP) is 2.08. The fourth-order valence-corrected chi connectivity index (χ4v) is 3.28. The number of hydrogen-bond acceptors (Lipinski definition) is 4. The van der Waals surface area contributed by atoms with E-state index in [1.54, 1.807) is 25.2 Å². The molecule has 0 saturated carbocycles. The number of aryl methyl sites for hydroxylation is 1. The minimum absolute atomic E-state index is 0.156. The van der Waals surface area contributed by atoms with Gasteiger partial charge in [0.1, 0.15) is 0 Å². The van der Waals surface area contributed by atoms with Crippen LogP contribution in [-0.2, 0) is 21.1 Å². The Morgan fingerprint density at radius 3 is 2.32 bits per heavy atom. The molecule has 0 bridgehead atoms. The maximum atomic E-state index is 12.1. The standard InChI is InChI=1S/C19H24N2O3S/c1-4-14-8-10-15(11-9-14)19(21-18(22)13-20-2)16-6-5-7-17(12-16)25(3,23)24/h5-12,19-20H,4,13H2,1-3H3,(H,21,22). The lowest BCUT2D eigenvalue weighted by Gasteiger charge is -2.21. The van der Waals surface area contributed by atoms with Crippen LogP contribution in [0.15, 0.2) is 53.4 Å². The molecule has 2 N–H and O–H groups in total. The number of carbonyl (C=O) groups is 1. The van der Waals surface area contributed by atoms with Crippen LogP contribution in [0.3, 0.4) is 0 Å². The summed E-state index contributed by atoms with van der Waals surface area (Å²) in [5, 5.41) is 5.79. The highest BCUT2D eigenvalue weighted by atomic mass is 32.2. The van der Waals surface area contributed by atoms with Gasteiger partial charge in [0.25, 0.3) is 0 Å². The molecule has 0 saturated heterocycles. The van der Waals surface area contributed by atoms with Crippen molar-refractivity contribution < 1.29 is 13.2 Å². The Kier molecular flexibility index (Phi) is 6.33. The average molecular weight is 360 g/mol. The van der Waals surface area contributed by atoms with Crippen LogP contribution in [-0.4, -0.2) is 34.2 Å². The zero-order valence-corrected chi connectivity index (χ0v) is 15.6. The van der Waals surface area contributed by atoms with Gasteiger partial charge in [-0.05, 0) is 42.3 Å². The molecule has 25 heavy (non-hydrogen) atoms. The summed E-state index contributed by atoms with van der Waals surface area (Å²) in [5.41, 5.74) is 2.85. The van der Waals surface area contributed by atoms with E-state index < -0.39 is 15.9 Å². The van der Waals surface area contributed by atoms with Gasteiger partial charge in [-0.1, -0.05) is 43.3 Å². The third kappa shape index (κ3) is 5.14. The first-order valence-electron chi connectivity index (χ1n) is 8.18. The van der Waals surface area contributed by atoms with Crippen molar-refractivity contribution in [1.29, 1.82) is 0 Å². The lowest BCUT2D eigenvalue weighted by atomic mass is 9.97. The summed E-state index contributed by atoms with van der Waals surface area (Å²) in [6.07, 6.45) is 2.11. The van der Waals surface area contributed by atoms with Gasteiger partial charge in [-0.15, -0.1) is 0 Å². The minimum atomic E-state index is -3.32. The van der Waals surface area contributed by atoms with E-state index in [4.69, 9.17) is 0 Å². The summed E-state index contributed by atoms with van der Waals surface area (Å²) in [6.45, 7) is 2.27. The Balaban J connectivity index is 2.45. The first-order valence-corrected chi connectivity index (χ1v) is 10.1. The van der Waals surface area contributed by atoms with E-state index in [1.165, 1.54) is 11.8 Å². The Hall–Kier alpha value is -2.18. The second kappa shape index (κ2) is 8.27. The lowest BCUT2D eigenvalue weighted by Crippen LogP contribution is -2.35. The summed E-state index contributed by atoms with van der Waals surface area (Å²) >= 11 is 0. The summed E-state index contributed by atoms with van der Waals surface area (Å²) in [7, 11) is -1.61. The maximum absolute atomic E-state index is 12.1. The zero-order valence-electron chi connectivity index (χ0n) is 14.7. The molecule has 6 heteroatoms. The van der Waals surface area contributed by atoms with Crippen LogP contribution in [0.4, 0.5) is 0 Å². The van der Waals surface area contributed by atoms with Gasteiger partial charge in [-0.2, -0.15) is 0 Å². The molecule has 2 aromatic carbocycles. The van der Waals surface area contributed by atoms with Crippen molar-refractivity contribution in [2.45, 2.75) is 24.3 Å². The fraction of sp³-hybridized carbons (Fsp3) is 0.316. The maximum Gasteiger partial charge on any atom is 0.234 e. The Morgan fingerprint density at radius 1 is 1.08 bits per heavy atom. The van der Waals surface area contributed by atoms with Crippen LogP contribution in [0.1, 0.15) is 29.7 Å². The molecule has 1 amide bonds. The molecular formula is C19H24N2O3S. The third-order valence-corrected chi connectivity index (χ3v) is 5.09. The summed E-state index contributed by atoms with van der Waals surface area (Å²) < 4.78 is 23.7. The van der Waals surface area contributed by atoms with E-state index in [9.17, 15) is 13.2 Å². The van der Waals surface area contributed by atoms with E-state index in [2.05, 4.69) is 17.6 Å². The first kappa shape index (κ1) is 19.1. The van der Waals surface area contributed by atoms with Gasteiger partial charge in [-0.3, -0.25) is 4.79 Å². The summed E-state index contributed by atoms with van der Waals surface area (Å²) in [5.74, 6) is -0.156. The molecule has 0 aliphatic heterocycles. The molecule has 5 nitrogen and oxygen atoms in total. The Bertz CT molecular complexity index is 830. The molecule has 134 valence electrons. The van der Waals surface area contributed by atoms with Crippen LogP contribution in [0, 0.1) is 0 Å². The highest BCUT2D eigenvalue weighted by molar-refractivity contribution is 7.90. The largest absolute Gasteiger partial charge is 0.344 e. The molecule has 2 rings (SSSR count). The van der Waals surface area contributed by atoms with Crippen molar-refractivity contribution in [3.63, 3.8) is 0 Å². The number of nitrogens with one attached hydrogen (secondary N) is 2. The molecule has 0 aliphatic carbocycles. The highest BCUT2D eigenvalue weighted by Crippen LogP contribution is 2.25. The molecule has 0 radical (unpaired) electrons. The molecule has 0 aliphatic rings. The van der Waals surface area contributed by atoms with Crippen molar-refractivity contribution in [2.75, 3.05) is 19.8 Å². The molecule has 0 spiro atoms. The monoisotopic (exact) mass is 360 g/mol. The summed E-state index contributed by atoms with van der Waals surface area (Å²) in [4.78, 5) is 12.4. The number of hydrogen-bond donors (Lipinski definition) is 2. The van der Waals surface area contributed by atoms with Crippen molar-refractivity contribution in [2.24, 2.45) is 0 Å². The van der Waals surface area contributed by atoms with Crippen LogP contribution >= 0.6 is 0 Å². The molecule has 0 fully saturated rings. The first-order chi connectivity index (χ1) is 11.8. The normalized spacial score (nSPS) is 12.6. The second-order valence-electron chi connectivity index (χ2n) is 5.97. The van der Waals surface area contributed by atoms with Crippen molar-refractivity contribution in [3.05, 3.63) is 65.2 Å². The molecular weight excluding hydrogens is 336 g/mol. The van der Waals surface area contributed by atoms with Gasteiger partial charge in [0.15, 0.2) is 9.84 Å². The number of rotatable bonds is 7.